The third kappa shape index (κ3) is 5.00. The third-order valence-electron chi connectivity index (χ3n) is 4.75. The molecule has 0 radical (unpaired) electrons. The van der Waals surface area contributed by atoms with Gasteiger partial charge in [-0.05, 0) is 54.5 Å². The fourth-order valence-electron chi connectivity index (χ4n) is 3.29. The van der Waals surface area contributed by atoms with E-state index in [2.05, 4.69) is 10.3 Å². The van der Waals surface area contributed by atoms with E-state index in [1.54, 1.807) is 6.92 Å². The van der Waals surface area contributed by atoms with Crippen LogP contribution in [0.2, 0.25) is 5.02 Å². The molecule has 5 nitrogen and oxygen atoms in total. The van der Waals surface area contributed by atoms with Crippen molar-refractivity contribution >= 4 is 40.7 Å². The molecule has 0 saturated carbocycles. The summed E-state index contributed by atoms with van der Waals surface area (Å²) in [7, 11) is 0. The first-order chi connectivity index (χ1) is 14.9. The highest BCUT2D eigenvalue weighted by Gasteiger charge is 2.26. The van der Waals surface area contributed by atoms with Gasteiger partial charge in [0.1, 0.15) is 17.7 Å². The monoisotopic (exact) mass is 456 g/mol. The molecule has 0 fully saturated rings. The van der Waals surface area contributed by atoms with Crippen molar-refractivity contribution in [3.63, 3.8) is 0 Å². The zero-order valence-corrected chi connectivity index (χ0v) is 18.1. The SMILES string of the molecule is CC(=O)c1ccc(-c2cc(Cl)c3c(c2)CC(CNC(=O)C=Cc2cncc(F)c2)O3)s1. The summed E-state index contributed by atoms with van der Waals surface area (Å²) in [5, 5.41) is 3.28. The van der Waals surface area contributed by atoms with Crippen molar-refractivity contribution in [2.45, 2.75) is 19.4 Å². The second-order valence-corrected chi connectivity index (χ2v) is 8.62. The van der Waals surface area contributed by atoms with Gasteiger partial charge in [0.2, 0.25) is 5.91 Å². The van der Waals surface area contributed by atoms with Crippen LogP contribution in [0.5, 0.6) is 5.75 Å². The van der Waals surface area contributed by atoms with Gasteiger partial charge >= 0.3 is 0 Å². The molecule has 1 aliphatic rings. The topological polar surface area (TPSA) is 68.3 Å². The van der Waals surface area contributed by atoms with Gasteiger partial charge in [-0.15, -0.1) is 11.3 Å². The van der Waals surface area contributed by atoms with E-state index < -0.39 is 5.82 Å². The number of thiophene rings is 1. The lowest BCUT2D eigenvalue weighted by Gasteiger charge is -2.11. The fourth-order valence-corrected chi connectivity index (χ4v) is 4.46. The molecule has 1 amide bonds. The van der Waals surface area contributed by atoms with Crippen LogP contribution in [-0.2, 0) is 11.2 Å². The molecular formula is C23H18ClFN2O3S. The maximum atomic E-state index is 13.1. The maximum Gasteiger partial charge on any atom is 0.244 e. The van der Waals surface area contributed by atoms with Crippen molar-refractivity contribution in [3.8, 4) is 16.2 Å². The summed E-state index contributed by atoms with van der Waals surface area (Å²) in [5.41, 5.74) is 2.39. The Hall–Kier alpha value is -3.03. The molecule has 0 saturated heterocycles. The van der Waals surface area contributed by atoms with E-state index in [0.29, 0.717) is 34.2 Å². The van der Waals surface area contributed by atoms with Crippen molar-refractivity contribution in [1.29, 1.82) is 0 Å². The third-order valence-corrected chi connectivity index (χ3v) is 6.26. The maximum absolute atomic E-state index is 13.1. The van der Waals surface area contributed by atoms with Crippen LogP contribution in [0.3, 0.4) is 0 Å². The summed E-state index contributed by atoms with van der Waals surface area (Å²) in [6, 6.07) is 8.85. The number of ether oxygens (including phenoxy) is 1. The fraction of sp³-hybridized carbons (Fsp3) is 0.174. The van der Waals surface area contributed by atoms with E-state index in [4.69, 9.17) is 16.3 Å². The molecule has 0 bridgehead atoms. The van der Waals surface area contributed by atoms with Gasteiger partial charge < -0.3 is 10.1 Å². The van der Waals surface area contributed by atoms with E-state index >= 15 is 0 Å². The van der Waals surface area contributed by atoms with Crippen LogP contribution in [0.25, 0.3) is 16.5 Å². The Morgan fingerprint density at radius 2 is 2.16 bits per heavy atom. The summed E-state index contributed by atoms with van der Waals surface area (Å²) in [4.78, 5) is 29.0. The van der Waals surface area contributed by atoms with Crippen LogP contribution in [0, 0.1) is 5.82 Å². The number of carbonyl (C=O) groups excluding carboxylic acids is 2. The first-order valence-corrected chi connectivity index (χ1v) is 10.7. The number of amides is 1. The number of hydrogen-bond donors (Lipinski definition) is 1. The molecule has 3 aromatic rings. The quantitative estimate of drug-likeness (QED) is 0.421. The van der Waals surface area contributed by atoms with Crippen LogP contribution in [0.4, 0.5) is 4.39 Å². The standard InChI is InChI=1S/C23H18ClFN2O3S/c1-13(28)20-3-4-21(31-20)15-7-16-8-18(30-23(16)19(24)9-15)12-27-22(29)5-2-14-6-17(25)11-26-10-14/h2-7,9-11,18H,8,12H2,1H3,(H,27,29). The highest BCUT2D eigenvalue weighted by molar-refractivity contribution is 7.17. The number of fused-ring (bicyclic) bond motifs is 1. The van der Waals surface area contributed by atoms with Gasteiger partial charge in [-0.1, -0.05) is 11.6 Å². The number of nitrogens with one attached hydrogen (secondary N) is 1. The Labute approximate surface area is 187 Å². The summed E-state index contributed by atoms with van der Waals surface area (Å²) >= 11 is 7.86. The minimum absolute atomic E-state index is 0.0327. The number of ketones is 1. The molecule has 8 heteroatoms. The minimum Gasteiger partial charge on any atom is -0.486 e. The highest BCUT2D eigenvalue weighted by Crippen LogP contribution is 2.41. The van der Waals surface area contributed by atoms with E-state index in [1.807, 2.05) is 24.3 Å². The molecule has 3 heterocycles. The molecule has 1 aromatic carbocycles. The Morgan fingerprint density at radius 1 is 1.32 bits per heavy atom. The van der Waals surface area contributed by atoms with E-state index in [1.165, 1.54) is 35.8 Å². The summed E-state index contributed by atoms with van der Waals surface area (Å²) in [5.74, 6) is -0.123. The molecule has 1 N–H and O–H groups in total. The number of aromatic nitrogens is 1. The van der Waals surface area contributed by atoms with Crippen LogP contribution in [0.1, 0.15) is 27.7 Å². The molecule has 0 aliphatic carbocycles. The molecule has 0 spiro atoms. The van der Waals surface area contributed by atoms with Crippen LogP contribution >= 0.6 is 22.9 Å². The number of pyridine rings is 1. The number of rotatable bonds is 6. The average molecular weight is 457 g/mol. The molecule has 158 valence electrons. The second-order valence-electron chi connectivity index (χ2n) is 7.13. The number of Topliss-reactive ketones (excluding diaryl/α,β-unsaturated/α-hetero) is 1. The smallest absolute Gasteiger partial charge is 0.244 e. The first-order valence-electron chi connectivity index (χ1n) is 9.56. The predicted molar refractivity (Wildman–Crippen MR) is 119 cm³/mol. The van der Waals surface area contributed by atoms with Crippen LogP contribution < -0.4 is 10.1 Å². The van der Waals surface area contributed by atoms with Crippen molar-refractivity contribution in [3.05, 3.63) is 75.6 Å². The van der Waals surface area contributed by atoms with Crippen molar-refractivity contribution < 1.29 is 18.7 Å². The molecule has 31 heavy (non-hydrogen) atoms. The number of hydrogen-bond acceptors (Lipinski definition) is 5. The zero-order valence-electron chi connectivity index (χ0n) is 16.5. The van der Waals surface area contributed by atoms with Gasteiger partial charge in [0.05, 0.1) is 22.6 Å². The average Bonchev–Trinajstić information content (AvgIpc) is 3.38. The lowest BCUT2D eigenvalue weighted by Crippen LogP contribution is -2.33. The Morgan fingerprint density at radius 3 is 2.90 bits per heavy atom. The number of benzene rings is 1. The predicted octanol–water partition coefficient (Wildman–Crippen LogP) is 4.94. The Kier molecular flexibility index (Phi) is 6.15. The Balaban J connectivity index is 1.38. The highest BCUT2D eigenvalue weighted by atomic mass is 35.5. The van der Waals surface area contributed by atoms with E-state index in [-0.39, 0.29) is 17.8 Å². The molecule has 4 rings (SSSR count). The van der Waals surface area contributed by atoms with E-state index in [9.17, 15) is 14.0 Å². The van der Waals surface area contributed by atoms with Gasteiger partial charge in [0, 0.05) is 29.1 Å². The van der Waals surface area contributed by atoms with Gasteiger partial charge in [-0.2, -0.15) is 0 Å². The largest absolute Gasteiger partial charge is 0.486 e. The summed E-state index contributed by atoms with van der Waals surface area (Å²) < 4.78 is 19.1. The number of carbonyl (C=O) groups is 2. The number of halogens is 2. The van der Waals surface area contributed by atoms with Crippen LogP contribution in [-0.4, -0.2) is 29.3 Å². The lowest BCUT2D eigenvalue weighted by atomic mass is 10.1. The molecule has 2 aromatic heterocycles. The van der Waals surface area contributed by atoms with Gasteiger partial charge in [-0.25, -0.2) is 4.39 Å². The van der Waals surface area contributed by atoms with Crippen molar-refractivity contribution in [2.75, 3.05) is 6.54 Å². The second kappa shape index (κ2) is 8.99. The van der Waals surface area contributed by atoms with Crippen molar-refractivity contribution in [1.82, 2.24) is 10.3 Å². The van der Waals surface area contributed by atoms with Crippen molar-refractivity contribution in [2.24, 2.45) is 0 Å². The number of nitrogens with zero attached hydrogens (tertiary/aromatic N) is 1. The van der Waals surface area contributed by atoms with Gasteiger partial charge in [0.25, 0.3) is 0 Å². The molecule has 1 atom stereocenters. The van der Waals surface area contributed by atoms with Gasteiger partial charge in [-0.3, -0.25) is 14.6 Å². The summed E-state index contributed by atoms with van der Waals surface area (Å²) in [6.45, 7) is 1.85. The molecular weight excluding hydrogens is 439 g/mol. The van der Waals surface area contributed by atoms with Gasteiger partial charge in [0.15, 0.2) is 5.78 Å². The Bertz CT molecular complexity index is 1190. The lowest BCUT2D eigenvalue weighted by molar-refractivity contribution is -0.116. The minimum atomic E-state index is -0.462. The zero-order chi connectivity index (χ0) is 22.0. The normalized spacial score (nSPS) is 15.0. The molecule has 1 unspecified atom stereocenters. The van der Waals surface area contributed by atoms with Crippen LogP contribution in [0.15, 0.2) is 48.8 Å². The first kappa shape index (κ1) is 21.2. The van der Waals surface area contributed by atoms with E-state index in [0.717, 1.165) is 22.2 Å². The summed E-state index contributed by atoms with van der Waals surface area (Å²) in [6.07, 6.45) is 5.75. The molecule has 1 aliphatic heterocycles.